The molecule has 1 aliphatic heterocycles. The number of para-hydroxylation sites is 1. The summed E-state index contributed by atoms with van der Waals surface area (Å²) in [4.78, 5) is 43.5. The van der Waals surface area contributed by atoms with Crippen LogP contribution >= 0.6 is 24.7 Å². The van der Waals surface area contributed by atoms with Gasteiger partial charge in [-0.2, -0.15) is 4.52 Å². The van der Waals surface area contributed by atoms with Crippen LogP contribution in [0.1, 0.15) is 0 Å². The van der Waals surface area contributed by atoms with E-state index in [1.807, 2.05) is 0 Å². The second-order valence-electron chi connectivity index (χ2n) is 11.7. The molecule has 60 heavy (non-hydrogen) atoms. The van der Waals surface area contributed by atoms with Crippen LogP contribution in [0.3, 0.4) is 0 Å². The van der Waals surface area contributed by atoms with Crippen LogP contribution in [0.15, 0.2) is 147 Å². The summed E-state index contributed by atoms with van der Waals surface area (Å²) in [7, 11) is -3.31. The monoisotopic (exact) mass is 869 g/mol. The predicted octanol–water partition coefficient (Wildman–Crippen LogP) is 13.0. The minimum Gasteiger partial charge on any atom is -0.453 e. The Hall–Kier alpha value is -7.85. The quantitative estimate of drug-likeness (QED) is 0.0497. The lowest BCUT2D eigenvalue weighted by atomic mass is 10.2. The zero-order chi connectivity index (χ0) is 42.2. The molecule has 6 aromatic carbocycles. The van der Waals surface area contributed by atoms with E-state index in [0.717, 1.165) is 0 Å². The van der Waals surface area contributed by atoms with E-state index in [0.29, 0.717) is 5.75 Å². The van der Waals surface area contributed by atoms with Crippen LogP contribution in [0.4, 0.5) is 22.7 Å². The van der Waals surface area contributed by atoms with Crippen molar-refractivity contribution in [3.63, 3.8) is 0 Å². The highest BCUT2D eigenvalue weighted by atomic mass is 31.2. The maximum Gasteiger partial charge on any atom is 0.460 e. The van der Waals surface area contributed by atoms with Crippen molar-refractivity contribution >= 4 is 47.5 Å². The molecule has 300 valence electrons. The van der Waals surface area contributed by atoms with Gasteiger partial charge in [-0.25, -0.2) is 0 Å². The van der Waals surface area contributed by atoms with E-state index in [9.17, 15) is 40.5 Å². The lowest BCUT2D eigenvalue weighted by Gasteiger charge is -2.25. The Morgan fingerprint density at radius 2 is 0.833 bits per heavy atom. The lowest BCUT2D eigenvalue weighted by Crippen LogP contribution is -2.03. The zero-order valence-electron chi connectivity index (χ0n) is 29.9. The molecule has 1 heterocycles. The molecule has 0 aromatic heterocycles. The van der Waals surface area contributed by atoms with E-state index >= 15 is 0 Å². The molecule has 0 fully saturated rings. The summed E-state index contributed by atoms with van der Waals surface area (Å²) in [5, 5.41) is 46.0. The fourth-order valence-electron chi connectivity index (χ4n) is 5.04. The lowest BCUT2D eigenvalue weighted by molar-refractivity contribution is -0.385. The summed E-state index contributed by atoms with van der Waals surface area (Å²) in [6.07, 6.45) is 0. The number of hydrogen-bond acceptors (Lipinski definition) is 17. The molecule has 0 saturated heterocycles. The third-order valence-corrected chi connectivity index (χ3v) is 11.7. The van der Waals surface area contributed by atoms with Gasteiger partial charge in [-0.15, -0.1) is 9.03 Å². The molecule has 0 bridgehead atoms. The molecule has 1 atom stereocenters. The molecule has 6 aromatic rings. The van der Waals surface area contributed by atoms with Crippen LogP contribution < -0.4 is 28.0 Å². The van der Waals surface area contributed by atoms with Crippen LogP contribution in [0, 0.1) is 40.5 Å². The normalized spacial score (nSPS) is 14.5. The molecule has 21 nitrogen and oxygen atoms in total. The molecular formula is C36H22N7O14P3. The van der Waals surface area contributed by atoms with Gasteiger partial charge in [0.25, 0.3) is 22.7 Å². The summed E-state index contributed by atoms with van der Waals surface area (Å²) in [6.45, 7) is 0. The van der Waals surface area contributed by atoms with Crippen LogP contribution in [0.25, 0.3) is 0 Å². The van der Waals surface area contributed by atoms with E-state index in [4.69, 9.17) is 28.0 Å². The smallest absolute Gasteiger partial charge is 0.453 e. The summed E-state index contributed by atoms with van der Waals surface area (Å²) >= 11 is 0. The number of nitrogens with zero attached hydrogens (tertiary/aromatic N) is 7. The summed E-state index contributed by atoms with van der Waals surface area (Å²) in [6, 6.07) is 29.6. The fraction of sp³-hybridized carbons (Fsp3) is 0. The molecule has 1 unspecified atom stereocenters. The van der Waals surface area contributed by atoms with E-state index in [2.05, 4.69) is 13.5 Å². The highest BCUT2D eigenvalue weighted by molar-refractivity contribution is 7.65. The highest BCUT2D eigenvalue weighted by Gasteiger charge is 2.34. The molecule has 1 aliphatic rings. The molecule has 0 spiro atoms. The van der Waals surface area contributed by atoms with Gasteiger partial charge in [0.2, 0.25) is 17.2 Å². The maximum absolute atomic E-state index is 11.5. The zero-order valence-corrected chi connectivity index (χ0v) is 32.6. The topological polar surface area (TPSA) is 265 Å². The Balaban J connectivity index is 1.49. The van der Waals surface area contributed by atoms with Crippen molar-refractivity contribution in [2.45, 2.75) is 0 Å². The number of ether oxygens (including phenoxy) is 4. The first kappa shape index (κ1) is 40.4. The number of rotatable bonds is 16. The largest absolute Gasteiger partial charge is 0.460 e. The first-order chi connectivity index (χ1) is 28.9. The Morgan fingerprint density at radius 3 is 1.23 bits per heavy atom. The van der Waals surface area contributed by atoms with Crippen LogP contribution in [-0.4, -0.2) is 19.7 Å². The molecule has 0 radical (unpaired) electrons. The average Bonchev–Trinajstić information content (AvgIpc) is 3.24. The van der Waals surface area contributed by atoms with Crippen molar-refractivity contribution in [2.75, 3.05) is 0 Å². The Morgan fingerprint density at radius 1 is 0.433 bits per heavy atom. The Labute approximate surface area is 339 Å². The van der Waals surface area contributed by atoms with Gasteiger partial charge in [0, 0.05) is 54.6 Å². The second-order valence-corrected chi connectivity index (χ2v) is 15.6. The van der Waals surface area contributed by atoms with Gasteiger partial charge in [0.1, 0.15) is 28.7 Å². The Kier molecular flexibility index (Phi) is 11.9. The van der Waals surface area contributed by atoms with Crippen molar-refractivity contribution in [3.05, 3.63) is 174 Å². The molecule has 0 saturated carbocycles. The number of hydrogen-bond donors (Lipinski definition) is 0. The van der Waals surface area contributed by atoms with Crippen LogP contribution in [0.2, 0.25) is 0 Å². The van der Waals surface area contributed by atoms with Gasteiger partial charge in [-0.3, -0.25) is 40.5 Å². The molecule has 7 rings (SSSR count). The minimum atomic E-state index is -3.73. The van der Waals surface area contributed by atoms with Crippen molar-refractivity contribution in [3.8, 4) is 57.5 Å². The number of nitro groups is 4. The average molecular weight is 870 g/mol. The van der Waals surface area contributed by atoms with E-state index in [-0.39, 0.29) is 91.5 Å². The SMILES string of the molecule is O=[N+]([O-])c1ccc(Oc2cc(OP3(Oc4ccccc4)=NP=NP=N3)c(Oc3ccc([N+](=O)[O-])cc3)c(Oc3ccc([N+](=O)[O-])cc3)c2Oc2ccc([N+](=O)[O-])cc2)cc1. The molecular weight excluding hydrogens is 847 g/mol. The van der Waals surface area contributed by atoms with Crippen LogP contribution in [0.5, 0.6) is 57.5 Å². The number of benzene rings is 6. The van der Waals surface area contributed by atoms with Gasteiger partial charge < -0.3 is 28.0 Å². The van der Waals surface area contributed by atoms with Gasteiger partial charge in [0.15, 0.2) is 28.5 Å². The third-order valence-electron chi connectivity index (χ3n) is 7.77. The van der Waals surface area contributed by atoms with Gasteiger partial charge >= 0.3 is 7.66 Å². The molecule has 0 aliphatic carbocycles. The molecule has 0 N–H and O–H groups in total. The predicted molar refractivity (Wildman–Crippen MR) is 215 cm³/mol. The van der Waals surface area contributed by atoms with Gasteiger partial charge in [-0.05, 0) is 60.7 Å². The molecule has 0 amide bonds. The maximum atomic E-state index is 11.5. The van der Waals surface area contributed by atoms with Crippen LogP contribution in [-0.2, 0) is 0 Å². The van der Waals surface area contributed by atoms with Crippen molar-refractivity contribution in [1.29, 1.82) is 0 Å². The highest BCUT2D eigenvalue weighted by Crippen LogP contribution is 2.64. The number of non-ortho nitro benzene ring substituents is 4. The van der Waals surface area contributed by atoms with Gasteiger partial charge in [-0.1, -0.05) is 18.2 Å². The Bertz CT molecular complexity index is 2720. The third kappa shape index (κ3) is 9.63. The first-order valence-corrected chi connectivity index (χ1v) is 19.9. The second kappa shape index (κ2) is 17.7. The summed E-state index contributed by atoms with van der Waals surface area (Å²) in [5.74, 6) is -0.891. The first-order valence-electron chi connectivity index (χ1n) is 16.7. The number of nitro benzene ring substituents is 4. The van der Waals surface area contributed by atoms with E-state index < -0.39 is 27.4 Å². The van der Waals surface area contributed by atoms with E-state index in [1.54, 1.807) is 30.3 Å². The summed E-state index contributed by atoms with van der Waals surface area (Å²) in [5.41, 5.74) is -1.01. The van der Waals surface area contributed by atoms with Crippen molar-refractivity contribution in [2.24, 2.45) is 13.5 Å². The minimum absolute atomic E-state index is 0.00550. The van der Waals surface area contributed by atoms with Gasteiger partial charge in [0.05, 0.1) is 19.7 Å². The standard InChI is InChI=1S/C36H22N7O14P3/c44-40(45)23-6-14-27(15-7-23)52-32-22-33(57-60(38-58-37-59-39-60)56-31-4-2-1-3-5-31)35(54-29-18-10-25(11-19-29)42(48)49)36(55-30-20-12-26(13-21-30)43(50)51)34(32)53-28-16-8-24(9-17-28)41(46)47/h1-22H. The summed E-state index contributed by atoms with van der Waals surface area (Å²) < 4.78 is 51.4. The van der Waals surface area contributed by atoms with Crippen molar-refractivity contribution < 1.29 is 47.7 Å². The van der Waals surface area contributed by atoms with Crippen molar-refractivity contribution in [1.82, 2.24) is 0 Å². The van der Waals surface area contributed by atoms with E-state index in [1.165, 1.54) is 103 Å². The fourth-order valence-corrected chi connectivity index (χ4v) is 8.80. The molecule has 24 heteroatoms.